The first-order valence-corrected chi connectivity index (χ1v) is 6.07. The molecule has 0 aliphatic heterocycles. The molecule has 0 aromatic carbocycles. The Hall–Kier alpha value is -2.83. The lowest BCUT2D eigenvalue weighted by Crippen LogP contribution is -2.09. The van der Waals surface area contributed by atoms with Gasteiger partial charge in [0.2, 0.25) is 0 Å². The molecule has 3 aromatic rings. The van der Waals surface area contributed by atoms with Crippen molar-refractivity contribution >= 4 is 22.8 Å². The Morgan fingerprint density at radius 1 is 1.25 bits per heavy atom. The fourth-order valence-corrected chi connectivity index (χ4v) is 2.03. The molecular formula is C13H14N6O. The van der Waals surface area contributed by atoms with E-state index in [1.165, 1.54) is 0 Å². The third kappa shape index (κ3) is 1.80. The van der Waals surface area contributed by atoms with Gasteiger partial charge in [0.05, 0.1) is 5.56 Å². The summed E-state index contributed by atoms with van der Waals surface area (Å²) in [4.78, 5) is 18.4. The summed E-state index contributed by atoms with van der Waals surface area (Å²) in [5.41, 5.74) is 7.96. The number of nitrogens with two attached hydrogens (primary N) is 1. The Bertz CT molecular complexity index is 767. The summed E-state index contributed by atoms with van der Waals surface area (Å²) in [6.45, 7) is 0. The number of nitrogen functional groups attached to an aromatic ring is 1. The second kappa shape index (κ2) is 4.69. The lowest BCUT2D eigenvalue weighted by atomic mass is 10.2. The van der Waals surface area contributed by atoms with Gasteiger partial charge >= 0.3 is 0 Å². The summed E-state index contributed by atoms with van der Waals surface area (Å²) in [7, 11) is 3.37. The number of fused-ring (bicyclic) bond motifs is 1. The first kappa shape index (κ1) is 12.2. The monoisotopic (exact) mass is 270 g/mol. The summed E-state index contributed by atoms with van der Waals surface area (Å²) in [6.07, 6.45) is 1.63. The van der Waals surface area contributed by atoms with Gasteiger partial charge in [-0.15, -0.1) is 4.73 Å². The maximum absolute atomic E-state index is 5.90. The molecule has 7 heteroatoms. The van der Waals surface area contributed by atoms with E-state index in [0.29, 0.717) is 22.9 Å². The molecule has 3 heterocycles. The highest BCUT2D eigenvalue weighted by Gasteiger charge is 2.17. The Kier molecular flexibility index (Phi) is 2.86. The van der Waals surface area contributed by atoms with Gasteiger partial charge in [0, 0.05) is 13.2 Å². The van der Waals surface area contributed by atoms with Gasteiger partial charge in [0.25, 0.3) is 0 Å². The van der Waals surface area contributed by atoms with Crippen molar-refractivity contribution in [1.82, 2.24) is 19.7 Å². The molecule has 0 saturated heterocycles. The Morgan fingerprint density at radius 3 is 2.80 bits per heavy atom. The average Bonchev–Trinajstić information content (AvgIpc) is 2.84. The van der Waals surface area contributed by atoms with Gasteiger partial charge in [-0.3, -0.25) is 0 Å². The zero-order valence-electron chi connectivity index (χ0n) is 11.2. The minimum atomic E-state index is 0.398. The highest BCUT2D eigenvalue weighted by atomic mass is 16.6. The summed E-state index contributed by atoms with van der Waals surface area (Å²) >= 11 is 0. The molecule has 3 aromatic heterocycles. The smallest absolute Gasteiger partial charge is 0.198 e. The van der Waals surface area contributed by atoms with Crippen molar-refractivity contribution < 1.29 is 4.84 Å². The zero-order valence-corrected chi connectivity index (χ0v) is 11.2. The molecular weight excluding hydrogens is 256 g/mol. The van der Waals surface area contributed by atoms with Crippen molar-refractivity contribution in [3.05, 3.63) is 30.5 Å². The highest BCUT2D eigenvalue weighted by Crippen LogP contribution is 2.26. The van der Waals surface area contributed by atoms with E-state index in [1.54, 1.807) is 24.1 Å². The molecule has 0 atom stereocenters. The maximum Gasteiger partial charge on any atom is 0.198 e. The van der Waals surface area contributed by atoms with E-state index in [-0.39, 0.29) is 0 Å². The molecule has 0 aliphatic rings. The van der Waals surface area contributed by atoms with Crippen LogP contribution >= 0.6 is 0 Å². The molecule has 0 spiro atoms. The molecule has 3 N–H and O–H groups in total. The highest BCUT2D eigenvalue weighted by molar-refractivity contribution is 5.80. The third-order valence-corrected chi connectivity index (χ3v) is 2.98. The van der Waals surface area contributed by atoms with Crippen molar-refractivity contribution in [2.75, 3.05) is 25.2 Å². The number of pyridine rings is 2. The van der Waals surface area contributed by atoms with E-state index in [9.17, 15) is 0 Å². The van der Waals surface area contributed by atoms with Gasteiger partial charge in [-0.25, -0.2) is 15.0 Å². The van der Waals surface area contributed by atoms with Crippen molar-refractivity contribution in [3.63, 3.8) is 0 Å². The fraction of sp³-hybridized carbons (Fsp3) is 0.154. The number of anilines is 2. The third-order valence-electron chi connectivity index (χ3n) is 2.98. The number of nitrogens with one attached hydrogen (secondary N) is 1. The number of aromatic nitrogens is 4. The van der Waals surface area contributed by atoms with Gasteiger partial charge in [0.1, 0.15) is 24.3 Å². The first-order chi connectivity index (χ1) is 9.74. The van der Waals surface area contributed by atoms with Crippen LogP contribution in [0.5, 0.6) is 0 Å². The van der Waals surface area contributed by atoms with Crippen LogP contribution in [0.2, 0.25) is 0 Å². The molecule has 102 valence electrons. The van der Waals surface area contributed by atoms with Crippen LogP contribution in [0.4, 0.5) is 11.6 Å². The number of rotatable bonds is 3. The van der Waals surface area contributed by atoms with E-state index >= 15 is 0 Å². The summed E-state index contributed by atoms with van der Waals surface area (Å²) in [5, 5.41) is 2.99. The standard InChI is InChI=1S/C13H14N6O/c1-15-10-6-5-9-13(18-10)19(20-2)12(17-9)8-4-3-7-16-11(8)14/h3-7H,1-2H3,(H2,14,16)(H,15,18). The summed E-state index contributed by atoms with van der Waals surface area (Å²) in [5.74, 6) is 1.71. The van der Waals surface area contributed by atoms with Gasteiger partial charge in [0.15, 0.2) is 11.5 Å². The predicted molar refractivity (Wildman–Crippen MR) is 77.2 cm³/mol. The lowest BCUT2D eigenvalue weighted by Gasteiger charge is -2.07. The average molecular weight is 270 g/mol. The molecule has 0 amide bonds. The Balaban J connectivity index is 2.29. The van der Waals surface area contributed by atoms with E-state index < -0.39 is 0 Å². The molecule has 0 radical (unpaired) electrons. The van der Waals surface area contributed by atoms with Crippen molar-refractivity contribution in [2.45, 2.75) is 0 Å². The van der Waals surface area contributed by atoms with E-state index in [1.807, 2.05) is 25.2 Å². The number of hydrogen-bond donors (Lipinski definition) is 2. The summed E-state index contributed by atoms with van der Waals surface area (Å²) < 4.78 is 1.55. The minimum absolute atomic E-state index is 0.398. The first-order valence-electron chi connectivity index (χ1n) is 6.07. The Labute approximate surface area is 115 Å². The van der Waals surface area contributed by atoms with Gasteiger partial charge in [-0.2, -0.15) is 0 Å². The van der Waals surface area contributed by atoms with Gasteiger partial charge in [-0.1, -0.05) is 0 Å². The topological polar surface area (TPSA) is 90.9 Å². The van der Waals surface area contributed by atoms with Gasteiger partial charge in [-0.05, 0) is 24.3 Å². The number of imidazole rings is 1. The van der Waals surface area contributed by atoms with E-state index in [0.717, 1.165) is 11.3 Å². The molecule has 0 saturated carbocycles. The van der Waals surface area contributed by atoms with Gasteiger partial charge < -0.3 is 15.9 Å². The Morgan fingerprint density at radius 2 is 2.10 bits per heavy atom. The molecule has 0 bridgehead atoms. The van der Waals surface area contributed by atoms with Crippen LogP contribution in [0.15, 0.2) is 30.5 Å². The molecule has 0 fully saturated rings. The van der Waals surface area contributed by atoms with Crippen molar-refractivity contribution in [1.29, 1.82) is 0 Å². The van der Waals surface area contributed by atoms with Crippen LogP contribution in [0, 0.1) is 0 Å². The zero-order chi connectivity index (χ0) is 14.1. The van der Waals surface area contributed by atoms with Crippen LogP contribution in [0.3, 0.4) is 0 Å². The maximum atomic E-state index is 5.90. The molecule has 20 heavy (non-hydrogen) atoms. The lowest BCUT2D eigenvalue weighted by molar-refractivity contribution is 0.180. The SMILES string of the molecule is CNc1ccc2nc(-c3cccnc3N)n(OC)c2n1. The van der Waals surface area contributed by atoms with Crippen LogP contribution in [0.1, 0.15) is 0 Å². The molecule has 0 unspecified atom stereocenters. The normalized spacial score (nSPS) is 10.7. The van der Waals surface area contributed by atoms with E-state index in [2.05, 4.69) is 20.3 Å². The largest absolute Gasteiger partial charge is 0.413 e. The van der Waals surface area contributed by atoms with Crippen LogP contribution in [0.25, 0.3) is 22.6 Å². The quantitative estimate of drug-likeness (QED) is 0.742. The van der Waals surface area contributed by atoms with Crippen LogP contribution < -0.4 is 15.9 Å². The minimum Gasteiger partial charge on any atom is -0.413 e. The van der Waals surface area contributed by atoms with Crippen LogP contribution in [-0.2, 0) is 0 Å². The fourth-order valence-electron chi connectivity index (χ4n) is 2.03. The second-order valence-electron chi connectivity index (χ2n) is 4.14. The molecule has 0 aliphatic carbocycles. The molecule has 7 nitrogen and oxygen atoms in total. The summed E-state index contributed by atoms with van der Waals surface area (Å²) in [6, 6.07) is 7.38. The van der Waals surface area contributed by atoms with Crippen molar-refractivity contribution in [3.8, 4) is 11.4 Å². The second-order valence-corrected chi connectivity index (χ2v) is 4.14. The number of nitrogens with zero attached hydrogens (tertiary/aromatic N) is 4. The predicted octanol–water partition coefficient (Wildman–Crippen LogP) is 1.18. The van der Waals surface area contributed by atoms with Crippen molar-refractivity contribution in [2.24, 2.45) is 0 Å². The molecule has 3 rings (SSSR count). The van der Waals surface area contributed by atoms with Crippen LogP contribution in [-0.4, -0.2) is 33.8 Å². The van der Waals surface area contributed by atoms with E-state index in [4.69, 9.17) is 10.6 Å². The number of hydrogen-bond acceptors (Lipinski definition) is 6.